The molecule has 1 aromatic heterocycles. The molecule has 0 aliphatic rings. The van der Waals surface area contributed by atoms with Crippen molar-refractivity contribution >= 4 is 33.9 Å². The van der Waals surface area contributed by atoms with Crippen LogP contribution in [0.5, 0.6) is 5.75 Å². The average molecular weight is 252 g/mol. The number of rotatable bonds is 3. The minimum absolute atomic E-state index is 0.583. The molecule has 0 aliphatic heterocycles. The monoisotopic (exact) mass is 251 g/mol. The number of nitrogens with two attached hydrogens (primary N) is 1. The Kier molecular flexibility index (Phi) is 3.24. The first-order valence-corrected chi connectivity index (χ1v) is 5.71. The zero-order valence-electron chi connectivity index (χ0n) is 9.75. The van der Waals surface area contributed by atoms with Crippen LogP contribution in [0, 0.1) is 0 Å². The minimum atomic E-state index is 0.583. The quantitative estimate of drug-likeness (QED) is 0.881. The smallest absolute Gasteiger partial charge is 0.130 e. The van der Waals surface area contributed by atoms with E-state index in [1.807, 2.05) is 13.0 Å². The molecule has 0 atom stereocenters. The van der Waals surface area contributed by atoms with Crippen molar-refractivity contribution in [2.24, 2.45) is 0 Å². The van der Waals surface area contributed by atoms with Gasteiger partial charge in [0.2, 0.25) is 0 Å². The number of halogens is 1. The van der Waals surface area contributed by atoms with E-state index in [0.29, 0.717) is 22.0 Å². The number of hydrogen-bond donors (Lipinski definition) is 2. The zero-order chi connectivity index (χ0) is 12.4. The van der Waals surface area contributed by atoms with Gasteiger partial charge in [0.15, 0.2) is 0 Å². The van der Waals surface area contributed by atoms with Crippen molar-refractivity contribution in [1.82, 2.24) is 4.98 Å². The number of fused-ring (bicyclic) bond motifs is 1. The van der Waals surface area contributed by atoms with Crippen LogP contribution in [0.1, 0.15) is 6.92 Å². The molecule has 0 amide bonds. The Morgan fingerprint density at radius 2 is 2.24 bits per heavy atom. The van der Waals surface area contributed by atoms with Crippen LogP contribution in [0.4, 0.5) is 11.4 Å². The molecule has 0 spiro atoms. The van der Waals surface area contributed by atoms with Gasteiger partial charge in [-0.1, -0.05) is 11.6 Å². The molecular formula is C12H14ClN3O. The highest BCUT2D eigenvalue weighted by Crippen LogP contribution is 2.38. The summed E-state index contributed by atoms with van der Waals surface area (Å²) in [5.74, 6) is 0.708. The van der Waals surface area contributed by atoms with Gasteiger partial charge in [-0.3, -0.25) is 4.98 Å². The van der Waals surface area contributed by atoms with Gasteiger partial charge in [-0.25, -0.2) is 0 Å². The Hall–Kier alpha value is -1.68. The topological polar surface area (TPSA) is 60.2 Å². The van der Waals surface area contributed by atoms with E-state index >= 15 is 0 Å². The normalized spacial score (nSPS) is 10.5. The summed E-state index contributed by atoms with van der Waals surface area (Å²) in [4.78, 5) is 4.25. The molecule has 0 saturated heterocycles. The molecule has 1 heterocycles. The van der Waals surface area contributed by atoms with Crippen molar-refractivity contribution in [3.63, 3.8) is 0 Å². The summed E-state index contributed by atoms with van der Waals surface area (Å²) in [5.41, 5.74) is 8.01. The van der Waals surface area contributed by atoms with Crippen LogP contribution < -0.4 is 15.8 Å². The van der Waals surface area contributed by atoms with Crippen molar-refractivity contribution in [2.75, 3.05) is 24.7 Å². The number of aromatic nitrogens is 1. The number of anilines is 2. The third-order valence-electron chi connectivity index (χ3n) is 2.54. The molecule has 2 aromatic rings. The van der Waals surface area contributed by atoms with E-state index in [2.05, 4.69) is 10.3 Å². The molecule has 0 unspecified atom stereocenters. The molecular weight excluding hydrogens is 238 g/mol. The predicted molar refractivity (Wildman–Crippen MR) is 71.9 cm³/mol. The van der Waals surface area contributed by atoms with Crippen molar-refractivity contribution in [1.29, 1.82) is 0 Å². The number of ether oxygens (including phenoxy) is 1. The van der Waals surface area contributed by atoms with E-state index in [4.69, 9.17) is 22.1 Å². The summed E-state index contributed by atoms with van der Waals surface area (Å²) in [6, 6.07) is 3.58. The number of hydrogen-bond acceptors (Lipinski definition) is 4. The SMILES string of the molecule is CCNc1c(N)cnc2c(Cl)ccc(OC)c12. The van der Waals surface area contributed by atoms with Gasteiger partial charge in [-0.05, 0) is 19.1 Å². The van der Waals surface area contributed by atoms with Crippen molar-refractivity contribution in [2.45, 2.75) is 6.92 Å². The standard InChI is InChI=1S/C12H14ClN3O/c1-3-15-12-8(14)6-16-11-7(13)4-5-9(17-2)10(11)12/h4-6H,3,14H2,1-2H3,(H,15,16). The van der Waals surface area contributed by atoms with Gasteiger partial charge in [0.25, 0.3) is 0 Å². The Morgan fingerprint density at radius 1 is 1.47 bits per heavy atom. The van der Waals surface area contributed by atoms with Gasteiger partial charge >= 0.3 is 0 Å². The van der Waals surface area contributed by atoms with E-state index in [-0.39, 0.29) is 0 Å². The van der Waals surface area contributed by atoms with Gasteiger partial charge in [0, 0.05) is 6.54 Å². The minimum Gasteiger partial charge on any atom is -0.496 e. The van der Waals surface area contributed by atoms with Crippen LogP contribution in [0.2, 0.25) is 5.02 Å². The Balaban J connectivity index is 2.84. The highest BCUT2D eigenvalue weighted by molar-refractivity contribution is 6.35. The van der Waals surface area contributed by atoms with Gasteiger partial charge in [0.1, 0.15) is 5.75 Å². The lowest BCUT2D eigenvalue weighted by atomic mass is 10.1. The zero-order valence-corrected chi connectivity index (χ0v) is 10.5. The molecule has 3 N–H and O–H groups in total. The fraction of sp³-hybridized carbons (Fsp3) is 0.250. The van der Waals surface area contributed by atoms with Crippen LogP contribution in [-0.2, 0) is 0 Å². The average Bonchev–Trinajstić information content (AvgIpc) is 2.33. The first-order valence-electron chi connectivity index (χ1n) is 5.33. The predicted octanol–water partition coefficient (Wildman–Crippen LogP) is 2.91. The van der Waals surface area contributed by atoms with Crippen LogP contribution in [0.3, 0.4) is 0 Å². The van der Waals surface area contributed by atoms with E-state index in [9.17, 15) is 0 Å². The summed E-state index contributed by atoms with van der Waals surface area (Å²) in [6.45, 7) is 2.77. The highest BCUT2D eigenvalue weighted by atomic mass is 35.5. The van der Waals surface area contributed by atoms with Gasteiger partial charge in [-0.15, -0.1) is 0 Å². The molecule has 0 aliphatic carbocycles. The third kappa shape index (κ3) is 1.96. The molecule has 4 nitrogen and oxygen atoms in total. The van der Waals surface area contributed by atoms with Crippen LogP contribution >= 0.6 is 11.6 Å². The molecule has 5 heteroatoms. The van der Waals surface area contributed by atoms with Crippen LogP contribution in [0.25, 0.3) is 10.9 Å². The largest absolute Gasteiger partial charge is 0.496 e. The second kappa shape index (κ2) is 4.67. The van der Waals surface area contributed by atoms with E-state index in [1.165, 1.54) is 0 Å². The fourth-order valence-electron chi connectivity index (χ4n) is 1.80. The van der Waals surface area contributed by atoms with Gasteiger partial charge in [-0.2, -0.15) is 0 Å². The summed E-state index contributed by atoms with van der Waals surface area (Å²) < 4.78 is 5.33. The highest BCUT2D eigenvalue weighted by Gasteiger charge is 2.13. The number of nitrogen functional groups attached to an aromatic ring is 1. The molecule has 2 rings (SSSR count). The van der Waals surface area contributed by atoms with Crippen molar-refractivity contribution in [3.8, 4) is 5.75 Å². The molecule has 0 saturated carbocycles. The lowest BCUT2D eigenvalue weighted by Crippen LogP contribution is -2.03. The molecule has 0 radical (unpaired) electrons. The maximum atomic E-state index is 6.12. The number of methoxy groups -OCH3 is 1. The molecule has 90 valence electrons. The molecule has 0 bridgehead atoms. The van der Waals surface area contributed by atoms with E-state index in [0.717, 1.165) is 17.6 Å². The summed E-state index contributed by atoms with van der Waals surface area (Å²) in [6.07, 6.45) is 1.60. The first kappa shape index (κ1) is 11.8. The summed E-state index contributed by atoms with van der Waals surface area (Å²) in [5, 5.41) is 4.62. The number of nitrogens with zero attached hydrogens (tertiary/aromatic N) is 1. The first-order chi connectivity index (χ1) is 8.19. The Bertz CT molecular complexity index is 557. The summed E-state index contributed by atoms with van der Waals surface area (Å²) >= 11 is 6.12. The number of benzene rings is 1. The van der Waals surface area contributed by atoms with Crippen molar-refractivity contribution < 1.29 is 4.74 Å². The summed E-state index contributed by atoms with van der Waals surface area (Å²) in [7, 11) is 1.61. The van der Waals surface area contributed by atoms with Crippen LogP contribution in [-0.4, -0.2) is 18.6 Å². The fourth-order valence-corrected chi connectivity index (χ4v) is 2.00. The lowest BCUT2D eigenvalue weighted by Gasteiger charge is -2.14. The number of pyridine rings is 1. The maximum Gasteiger partial charge on any atom is 0.130 e. The van der Waals surface area contributed by atoms with Crippen molar-refractivity contribution in [3.05, 3.63) is 23.4 Å². The third-order valence-corrected chi connectivity index (χ3v) is 2.84. The lowest BCUT2D eigenvalue weighted by molar-refractivity contribution is 0.420. The molecule has 0 fully saturated rings. The second-order valence-electron chi connectivity index (χ2n) is 3.59. The van der Waals surface area contributed by atoms with E-state index in [1.54, 1.807) is 19.4 Å². The van der Waals surface area contributed by atoms with Gasteiger partial charge in [0.05, 0.1) is 40.6 Å². The van der Waals surface area contributed by atoms with Crippen LogP contribution in [0.15, 0.2) is 18.3 Å². The second-order valence-corrected chi connectivity index (χ2v) is 4.00. The molecule has 17 heavy (non-hydrogen) atoms. The number of nitrogens with one attached hydrogen (secondary N) is 1. The van der Waals surface area contributed by atoms with E-state index < -0.39 is 0 Å². The Labute approximate surface area is 105 Å². The molecule has 1 aromatic carbocycles. The van der Waals surface area contributed by atoms with Gasteiger partial charge < -0.3 is 15.8 Å². The maximum absolute atomic E-state index is 6.12. The Morgan fingerprint density at radius 3 is 2.88 bits per heavy atom.